The number of aryl methyl sites for hydroxylation is 1. The van der Waals surface area contributed by atoms with E-state index in [0.717, 1.165) is 22.5 Å². The molecule has 1 amide bonds. The van der Waals surface area contributed by atoms with E-state index in [4.69, 9.17) is 4.99 Å². The van der Waals surface area contributed by atoms with Gasteiger partial charge >= 0.3 is 0 Å². The van der Waals surface area contributed by atoms with Gasteiger partial charge in [0.1, 0.15) is 5.82 Å². The fourth-order valence-corrected chi connectivity index (χ4v) is 4.02. The van der Waals surface area contributed by atoms with Crippen LogP contribution in [0.1, 0.15) is 23.1 Å². The molecule has 2 aliphatic rings. The summed E-state index contributed by atoms with van der Waals surface area (Å²) in [6.07, 6.45) is 0.241. The van der Waals surface area contributed by atoms with E-state index in [1.165, 1.54) is 6.07 Å². The number of nitrogens with one attached hydrogen (secondary N) is 2. The van der Waals surface area contributed by atoms with Crippen molar-refractivity contribution in [1.82, 2.24) is 0 Å². The third kappa shape index (κ3) is 2.43. The van der Waals surface area contributed by atoms with Crippen LogP contribution in [0, 0.1) is 12.7 Å². The highest BCUT2D eigenvalue weighted by molar-refractivity contribution is 6.14. The van der Waals surface area contributed by atoms with Crippen LogP contribution >= 0.6 is 0 Å². The van der Waals surface area contributed by atoms with Gasteiger partial charge in [0.05, 0.1) is 17.1 Å². The Morgan fingerprint density at radius 1 is 1.00 bits per heavy atom. The maximum absolute atomic E-state index is 14.7. The number of halogens is 1. The van der Waals surface area contributed by atoms with Crippen LogP contribution in [0.2, 0.25) is 0 Å². The van der Waals surface area contributed by atoms with Crippen LogP contribution in [0.15, 0.2) is 71.7 Å². The van der Waals surface area contributed by atoms with Crippen molar-refractivity contribution in [3.63, 3.8) is 0 Å². The predicted molar refractivity (Wildman–Crippen MR) is 109 cm³/mol. The summed E-state index contributed by atoms with van der Waals surface area (Å²) in [6, 6.07) is 20.1. The van der Waals surface area contributed by atoms with E-state index in [-0.39, 0.29) is 18.1 Å². The molecule has 0 saturated heterocycles. The first-order valence-electron chi connectivity index (χ1n) is 9.19. The highest BCUT2D eigenvalue weighted by atomic mass is 19.1. The topological polar surface area (TPSA) is 53.5 Å². The van der Waals surface area contributed by atoms with Crippen molar-refractivity contribution in [2.24, 2.45) is 4.99 Å². The lowest BCUT2D eigenvalue weighted by Gasteiger charge is -2.29. The average Bonchev–Trinajstić information content (AvgIpc) is 2.85. The summed E-state index contributed by atoms with van der Waals surface area (Å²) in [4.78, 5) is 17.9. The quantitative estimate of drug-likeness (QED) is 0.638. The van der Waals surface area contributed by atoms with Gasteiger partial charge in [0.25, 0.3) is 5.91 Å². The van der Waals surface area contributed by atoms with E-state index in [1.54, 1.807) is 12.1 Å². The fraction of sp³-hybridized carbons (Fsp3) is 0.130. The fourth-order valence-electron chi connectivity index (χ4n) is 4.02. The molecule has 0 aliphatic carbocycles. The molecule has 5 heteroatoms. The van der Waals surface area contributed by atoms with Gasteiger partial charge in [-0.1, -0.05) is 42.0 Å². The summed E-state index contributed by atoms with van der Waals surface area (Å²) >= 11 is 0. The van der Waals surface area contributed by atoms with Crippen molar-refractivity contribution in [2.75, 3.05) is 10.6 Å². The van der Waals surface area contributed by atoms with Gasteiger partial charge in [-0.05, 0) is 37.3 Å². The molecule has 2 aliphatic heterocycles. The minimum Gasteiger partial charge on any atom is -0.365 e. The normalized spacial score (nSPS) is 19.9. The molecule has 2 heterocycles. The number of carbonyl (C=O) groups excluding carboxylic acids is 1. The highest BCUT2D eigenvalue weighted by Crippen LogP contribution is 2.45. The van der Waals surface area contributed by atoms with Crippen LogP contribution in [0.5, 0.6) is 0 Å². The second-order valence-corrected chi connectivity index (χ2v) is 7.27. The second kappa shape index (κ2) is 6.02. The molecule has 5 rings (SSSR count). The maximum Gasteiger partial charge on any atom is 0.255 e. The van der Waals surface area contributed by atoms with Crippen LogP contribution in [-0.4, -0.2) is 11.6 Å². The monoisotopic (exact) mass is 371 g/mol. The molecule has 28 heavy (non-hydrogen) atoms. The summed E-state index contributed by atoms with van der Waals surface area (Å²) in [5.41, 5.74) is 3.92. The Morgan fingerprint density at radius 3 is 2.61 bits per heavy atom. The summed E-state index contributed by atoms with van der Waals surface area (Å²) in [6.45, 7) is 1.92. The van der Waals surface area contributed by atoms with E-state index >= 15 is 0 Å². The molecule has 3 aromatic carbocycles. The third-order valence-electron chi connectivity index (χ3n) is 5.40. The summed E-state index contributed by atoms with van der Waals surface area (Å²) in [5, 5.41) is 6.39. The Balaban J connectivity index is 1.76. The molecule has 0 bridgehead atoms. The number of nitrogens with zero attached hydrogens (tertiary/aromatic N) is 1. The molecule has 0 aromatic heterocycles. The van der Waals surface area contributed by atoms with E-state index in [1.807, 2.05) is 55.5 Å². The molecule has 0 saturated carbocycles. The summed E-state index contributed by atoms with van der Waals surface area (Å²) < 4.78 is 14.7. The van der Waals surface area contributed by atoms with Gasteiger partial charge in [-0.25, -0.2) is 4.39 Å². The molecular weight excluding hydrogens is 353 g/mol. The number of anilines is 2. The van der Waals surface area contributed by atoms with Crippen molar-refractivity contribution in [3.8, 4) is 0 Å². The Kier molecular flexibility index (Phi) is 3.59. The van der Waals surface area contributed by atoms with Crippen molar-refractivity contribution >= 4 is 28.7 Å². The molecule has 4 nitrogen and oxygen atoms in total. The summed E-state index contributed by atoms with van der Waals surface area (Å²) in [7, 11) is 0. The molecule has 0 fully saturated rings. The molecular formula is C23H18FN3O. The van der Waals surface area contributed by atoms with E-state index in [9.17, 15) is 9.18 Å². The smallest absolute Gasteiger partial charge is 0.255 e. The van der Waals surface area contributed by atoms with Crippen molar-refractivity contribution in [2.45, 2.75) is 18.9 Å². The molecule has 2 N–H and O–H groups in total. The molecule has 138 valence electrons. The minimum atomic E-state index is -1.04. The van der Waals surface area contributed by atoms with Crippen LogP contribution in [-0.2, 0) is 10.3 Å². The first-order chi connectivity index (χ1) is 13.6. The van der Waals surface area contributed by atoms with Crippen molar-refractivity contribution < 1.29 is 9.18 Å². The Morgan fingerprint density at radius 2 is 1.75 bits per heavy atom. The van der Waals surface area contributed by atoms with Gasteiger partial charge in [-0.15, -0.1) is 0 Å². The van der Waals surface area contributed by atoms with Gasteiger partial charge in [-0.3, -0.25) is 9.79 Å². The van der Waals surface area contributed by atoms with E-state index in [0.29, 0.717) is 17.0 Å². The number of carbonyl (C=O) groups is 1. The second-order valence-electron chi connectivity index (χ2n) is 7.27. The van der Waals surface area contributed by atoms with Crippen LogP contribution in [0.3, 0.4) is 0 Å². The number of benzene rings is 3. The lowest BCUT2D eigenvalue weighted by molar-refractivity contribution is -0.119. The first kappa shape index (κ1) is 16.7. The zero-order valence-electron chi connectivity index (χ0n) is 15.3. The first-order valence-corrected chi connectivity index (χ1v) is 9.19. The third-order valence-corrected chi connectivity index (χ3v) is 5.40. The number of fused-ring (bicyclic) bond motifs is 3. The molecule has 0 radical (unpaired) electrons. The number of hydrogen-bond acceptors (Lipinski definition) is 3. The zero-order chi connectivity index (χ0) is 19.3. The van der Waals surface area contributed by atoms with Crippen molar-refractivity contribution in [3.05, 3.63) is 89.2 Å². The Labute approximate surface area is 162 Å². The van der Waals surface area contributed by atoms with Crippen LogP contribution in [0.4, 0.5) is 21.5 Å². The number of aliphatic imine (C=N–C) groups is 1. The standard InChI is InChI=1S/C23H18FN3O/c1-14-10-11-17(24)15(12-14)21-13-23(27-20-9-5-4-8-19(20)25-21)16-6-2-3-7-18(16)26-22(23)28/h2-12,27H,13H2,1H3,(H,26,28). The van der Waals surface area contributed by atoms with Gasteiger partial charge < -0.3 is 10.6 Å². The molecule has 1 unspecified atom stereocenters. The van der Waals surface area contributed by atoms with E-state index < -0.39 is 5.54 Å². The highest BCUT2D eigenvalue weighted by Gasteiger charge is 2.49. The van der Waals surface area contributed by atoms with Crippen LogP contribution < -0.4 is 10.6 Å². The summed E-state index contributed by atoms with van der Waals surface area (Å²) in [5.74, 6) is -0.503. The van der Waals surface area contributed by atoms with Gasteiger partial charge in [0.2, 0.25) is 0 Å². The van der Waals surface area contributed by atoms with Gasteiger partial charge in [-0.2, -0.15) is 0 Å². The largest absolute Gasteiger partial charge is 0.365 e. The average molecular weight is 371 g/mol. The Hall–Kier alpha value is -3.47. The molecule has 1 spiro atoms. The van der Waals surface area contributed by atoms with Crippen LogP contribution in [0.25, 0.3) is 0 Å². The number of rotatable bonds is 1. The predicted octanol–water partition coefficient (Wildman–Crippen LogP) is 4.92. The zero-order valence-corrected chi connectivity index (χ0v) is 15.3. The maximum atomic E-state index is 14.7. The van der Waals surface area contributed by atoms with Crippen molar-refractivity contribution in [1.29, 1.82) is 0 Å². The van der Waals surface area contributed by atoms with Gasteiger partial charge in [0.15, 0.2) is 5.54 Å². The number of amides is 1. The van der Waals surface area contributed by atoms with E-state index in [2.05, 4.69) is 10.6 Å². The molecule has 3 aromatic rings. The Bertz CT molecular complexity index is 1150. The number of hydrogen-bond donors (Lipinski definition) is 2. The number of para-hydroxylation sites is 3. The lowest BCUT2D eigenvalue weighted by atomic mass is 9.84. The molecule has 1 atom stereocenters. The lowest BCUT2D eigenvalue weighted by Crippen LogP contribution is -2.43. The van der Waals surface area contributed by atoms with Gasteiger partial charge in [0, 0.05) is 23.2 Å². The minimum absolute atomic E-state index is 0.161. The SMILES string of the molecule is Cc1ccc(F)c(C2=Nc3ccccc3NC3(C2)C(=O)Nc2ccccc23)c1.